The molecular weight excluding hydrogens is 148 g/mol. The standard InChI is InChI=1S/C8H8ClO/c1-2-6-5-7(10)3-4-8(6)9/h3-5H,2H2,1H3. The second-order valence-corrected chi connectivity index (χ2v) is 2.51. The van der Waals surface area contributed by atoms with Crippen molar-refractivity contribution in [3.8, 4) is 5.75 Å². The number of aryl methyl sites for hydroxylation is 1. The van der Waals surface area contributed by atoms with Crippen molar-refractivity contribution in [2.24, 2.45) is 0 Å². The molecule has 0 atom stereocenters. The Kier molecular flexibility index (Phi) is 2.17. The summed E-state index contributed by atoms with van der Waals surface area (Å²) in [6.07, 6.45) is 0.814. The first-order valence-corrected chi connectivity index (χ1v) is 3.57. The smallest absolute Gasteiger partial charge is 0.179 e. The fourth-order valence-corrected chi connectivity index (χ4v) is 1.07. The third-order valence-electron chi connectivity index (χ3n) is 1.40. The van der Waals surface area contributed by atoms with Crippen molar-refractivity contribution in [2.75, 3.05) is 0 Å². The highest BCUT2D eigenvalue weighted by atomic mass is 35.5. The van der Waals surface area contributed by atoms with Crippen LogP contribution in [0, 0.1) is 0 Å². The number of halogens is 1. The molecule has 0 aromatic heterocycles. The van der Waals surface area contributed by atoms with Crippen molar-refractivity contribution >= 4 is 11.6 Å². The monoisotopic (exact) mass is 155 g/mol. The second-order valence-electron chi connectivity index (χ2n) is 2.11. The highest BCUT2D eigenvalue weighted by Gasteiger charge is 1.98. The summed E-state index contributed by atoms with van der Waals surface area (Å²) in [5, 5.41) is 11.4. The number of rotatable bonds is 1. The Morgan fingerprint density at radius 1 is 1.50 bits per heavy atom. The van der Waals surface area contributed by atoms with Gasteiger partial charge in [-0.05, 0) is 30.2 Å². The Labute approximate surface area is 65.3 Å². The molecule has 0 aliphatic heterocycles. The number of hydrogen-bond donors (Lipinski definition) is 0. The topological polar surface area (TPSA) is 19.9 Å². The summed E-state index contributed by atoms with van der Waals surface area (Å²) in [4.78, 5) is 0. The third kappa shape index (κ3) is 1.42. The predicted molar refractivity (Wildman–Crippen MR) is 41.0 cm³/mol. The van der Waals surface area contributed by atoms with Crippen LogP contribution >= 0.6 is 11.6 Å². The molecule has 0 N–H and O–H groups in total. The SMILES string of the molecule is CCc1cc([O])ccc1Cl. The van der Waals surface area contributed by atoms with Crippen LogP contribution in [0.15, 0.2) is 18.2 Å². The zero-order valence-electron chi connectivity index (χ0n) is 5.73. The quantitative estimate of drug-likeness (QED) is 0.594. The highest BCUT2D eigenvalue weighted by Crippen LogP contribution is 2.21. The van der Waals surface area contributed by atoms with Crippen LogP contribution in [-0.2, 0) is 11.5 Å². The lowest BCUT2D eigenvalue weighted by molar-refractivity contribution is 0.354. The minimum Gasteiger partial charge on any atom is -0.290 e. The summed E-state index contributed by atoms with van der Waals surface area (Å²) in [7, 11) is 0. The Hall–Kier alpha value is -0.690. The lowest BCUT2D eigenvalue weighted by Gasteiger charge is -1.97. The maximum absolute atomic E-state index is 10.7. The molecule has 2 heteroatoms. The van der Waals surface area contributed by atoms with Gasteiger partial charge in [-0.3, -0.25) is 5.11 Å². The lowest BCUT2D eigenvalue weighted by Crippen LogP contribution is -1.79. The first-order valence-electron chi connectivity index (χ1n) is 3.19. The Morgan fingerprint density at radius 2 is 2.20 bits per heavy atom. The van der Waals surface area contributed by atoms with Crippen LogP contribution in [0.1, 0.15) is 12.5 Å². The lowest BCUT2D eigenvalue weighted by atomic mass is 10.2. The van der Waals surface area contributed by atoms with Gasteiger partial charge in [0.15, 0.2) is 5.75 Å². The summed E-state index contributed by atoms with van der Waals surface area (Å²) in [5.41, 5.74) is 0.925. The van der Waals surface area contributed by atoms with Crippen LogP contribution in [-0.4, -0.2) is 0 Å². The molecule has 0 saturated carbocycles. The van der Waals surface area contributed by atoms with Gasteiger partial charge in [-0.1, -0.05) is 18.5 Å². The van der Waals surface area contributed by atoms with Gasteiger partial charge in [-0.2, -0.15) is 0 Å². The summed E-state index contributed by atoms with van der Waals surface area (Å²) in [5.74, 6) is 0.0289. The van der Waals surface area contributed by atoms with Gasteiger partial charge in [0, 0.05) is 5.02 Å². The zero-order valence-corrected chi connectivity index (χ0v) is 6.48. The molecule has 0 unspecified atom stereocenters. The fraction of sp³-hybridized carbons (Fsp3) is 0.250. The highest BCUT2D eigenvalue weighted by molar-refractivity contribution is 6.31. The maximum Gasteiger partial charge on any atom is 0.179 e. The van der Waals surface area contributed by atoms with Gasteiger partial charge in [0.2, 0.25) is 0 Å². The average molecular weight is 156 g/mol. The minimum absolute atomic E-state index is 0.0289. The molecule has 0 bridgehead atoms. The van der Waals surface area contributed by atoms with E-state index in [4.69, 9.17) is 11.6 Å². The molecule has 0 fully saturated rings. The summed E-state index contributed by atoms with van der Waals surface area (Å²) >= 11 is 5.76. The number of hydrogen-bond acceptors (Lipinski definition) is 0. The van der Waals surface area contributed by atoms with Crippen molar-refractivity contribution in [1.29, 1.82) is 0 Å². The van der Waals surface area contributed by atoms with E-state index in [0.717, 1.165) is 12.0 Å². The predicted octanol–water partition coefficient (Wildman–Crippen LogP) is 3.05. The van der Waals surface area contributed by atoms with Crippen molar-refractivity contribution in [3.05, 3.63) is 28.8 Å². The third-order valence-corrected chi connectivity index (χ3v) is 1.77. The Balaban J connectivity index is 3.09. The minimum atomic E-state index is 0.0289. The van der Waals surface area contributed by atoms with Crippen LogP contribution in [0.4, 0.5) is 0 Å². The van der Waals surface area contributed by atoms with Gasteiger partial charge in [0.05, 0.1) is 0 Å². The van der Waals surface area contributed by atoms with Crippen molar-refractivity contribution < 1.29 is 5.11 Å². The van der Waals surface area contributed by atoms with Crippen molar-refractivity contribution in [3.63, 3.8) is 0 Å². The van der Waals surface area contributed by atoms with E-state index in [2.05, 4.69) is 0 Å². The van der Waals surface area contributed by atoms with E-state index in [9.17, 15) is 5.11 Å². The second kappa shape index (κ2) is 2.93. The summed E-state index contributed by atoms with van der Waals surface area (Å²) in [6, 6.07) is 4.69. The Bertz CT molecular complexity index is 233. The van der Waals surface area contributed by atoms with Crippen LogP contribution in [0.2, 0.25) is 5.02 Å². The van der Waals surface area contributed by atoms with Crippen LogP contribution in [0.25, 0.3) is 0 Å². The molecule has 0 heterocycles. The molecule has 0 spiro atoms. The molecule has 1 radical (unpaired) electrons. The molecule has 1 aromatic carbocycles. The molecule has 0 saturated heterocycles. The van der Waals surface area contributed by atoms with E-state index in [-0.39, 0.29) is 5.75 Å². The normalized spacial score (nSPS) is 9.80. The largest absolute Gasteiger partial charge is 0.290 e. The number of benzene rings is 1. The van der Waals surface area contributed by atoms with E-state index < -0.39 is 0 Å². The van der Waals surface area contributed by atoms with Crippen molar-refractivity contribution in [2.45, 2.75) is 13.3 Å². The molecule has 1 nitrogen and oxygen atoms in total. The van der Waals surface area contributed by atoms with E-state index >= 15 is 0 Å². The first-order chi connectivity index (χ1) is 4.74. The van der Waals surface area contributed by atoms with Crippen LogP contribution in [0.3, 0.4) is 0 Å². The molecule has 53 valence electrons. The molecule has 0 aliphatic rings. The zero-order chi connectivity index (χ0) is 7.56. The van der Waals surface area contributed by atoms with E-state index in [1.54, 1.807) is 12.1 Å². The van der Waals surface area contributed by atoms with Gasteiger partial charge in [-0.15, -0.1) is 0 Å². The molecular formula is C8H8ClO. The van der Waals surface area contributed by atoms with Gasteiger partial charge >= 0.3 is 0 Å². The molecule has 0 aliphatic carbocycles. The van der Waals surface area contributed by atoms with Gasteiger partial charge in [0.1, 0.15) is 0 Å². The maximum atomic E-state index is 10.7. The van der Waals surface area contributed by atoms with E-state index in [1.807, 2.05) is 6.92 Å². The van der Waals surface area contributed by atoms with Gasteiger partial charge in [-0.25, -0.2) is 0 Å². The molecule has 10 heavy (non-hydrogen) atoms. The van der Waals surface area contributed by atoms with Gasteiger partial charge in [0.25, 0.3) is 0 Å². The molecule has 1 rings (SSSR count). The molecule has 0 amide bonds. The molecule has 1 aromatic rings. The fourth-order valence-electron chi connectivity index (χ4n) is 0.822. The summed E-state index contributed by atoms with van der Waals surface area (Å²) < 4.78 is 0. The van der Waals surface area contributed by atoms with Crippen LogP contribution < -0.4 is 0 Å². The van der Waals surface area contributed by atoms with E-state index in [1.165, 1.54) is 6.07 Å². The van der Waals surface area contributed by atoms with E-state index in [0.29, 0.717) is 5.02 Å². The van der Waals surface area contributed by atoms with Crippen LogP contribution in [0.5, 0.6) is 5.75 Å². The Morgan fingerprint density at radius 3 is 2.70 bits per heavy atom. The first kappa shape index (κ1) is 7.42. The summed E-state index contributed by atoms with van der Waals surface area (Å²) in [6.45, 7) is 1.97. The van der Waals surface area contributed by atoms with Crippen molar-refractivity contribution in [1.82, 2.24) is 0 Å². The average Bonchev–Trinajstić information content (AvgIpc) is 1.94. The van der Waals surface area contributed by atoms with Gasteiger partial charge < -0.3 is 0 Å².